The van der Waals surface area contributed by atoms with Crippen molar-refractivity contribution in [3.8, 4) is 0 Å². The first-order chi connectivity index (χ1) is 7.42. The molecular formula is C10H11N3OS. The second kappa shape index (κ2) is 4.84. The van der Waals surface area contributed by atoms with Gasteiger partial charge in [-0.15, -0.1) is 11.8 Å². The molecule has 0 N–H and O–H groups in total. The maximum absolute atomic E-state index is 4.59. The Hall–Kier alpha value is -1.49. The number of oxime groups is 1. The topological polar surface area (TPSA) is 38.9 Å². The maximum atomic E-state index is 4.59. The standard InChI is InChI=1S/C10H11N3OS/c1-14-12-5-8-15-9-3-2-6-13-7-4-11-10(9)13/h2-7H,8H2,1H3/b12-5+. The van der Waals surface area contributed by atoms with Gasteiger partial charge >= 0.3 is 0 Å². The molecule has 5 heteroatoms. The number of rotatable bonds is 4. The zero-order valence-electron chi connectivity index (χ0n) is 8.33. The molecule has 0 fully saturated rings. The summed E-state index contributed by atoms with van der Waals surface area (Å²) in [4.78, 5) is 10.0. The quantitative estimate of drug-likeness (QED) is 0.450. The van der Waals surface area contributed by atoms with Crippen molar-refractivity contribution in [2.45, 2.75) is 4.90 Å². The molecule has 2 rings (SSSR count). The Morgan fingerprint density at radius 3 is 3.40 bits per heavy atom. The lowest BCUT2D eigenvalue weighted by Crippen LogP contribution is -1.87. The molecule has 0 aromatic carbocycles. The minimum Gasteiger partial charge on any atom is -0.399 e. The van der Waals surface area contributed by atoms with Crippen molar-refractivity contribution < 1.29 is 4.84 Å². The van der Waals surface area contributed by atoms with Crippen LogP contribution in [0.2, 0.25) is 0 Å². The molecule has 0 spiro atoms. The van der Waals surface area contributed by atoms with Gasteiger partial charge in [0.15, 0.2) is 0 Å². The molecule has 0 unspecified atom stereocenters. The van der Waals surface area contributed by atoms with Gasteiger partial charge in [-0.2, -0.15) is 0 Å². The molecule has 2 aromatic rings. The van der Waals surface area contributed by atoms with Gasteiger partial charge in [-0.3, -0.25) is 0 Å². The first-order valence-corrected chi connectivity index (χ1v) is 5.50. The van der Waals surface area contributed by atoms with Gasteiger partial charge in [0.05, 0.1) is 11.1 Å². The van der Waals surface area contributed by atoms with Crippen LogP contribution < -0.4 is 0 Å². The van der Waals surface area contributed by atoms with E-state index >= 15 is 0 Å². The third-order valence-electron chi connectivity index (χ3n) is 1.88. The molecule has 0 aliphatic carbocycles. The average molecular weight is 221 g/mol. The van der Waals surface area contributed by atoms with E-state index in [1.54, 1.807) is 24.2 Å². The number of thioether (sulfide) groups is 1. The van der Waals surface area contributed by atoms with Gasteiger partial charge in [0, 0.05) is 24.3 Å². The van der Waals surface area contributed by atoms with Crippen molar-refractivity contribution in [1.82, 2.24) is 9.38 Å². The molecule has 78 valence electrons. The fourth-order valence-corrected chi connectivity index (χ4v) is 2.04. The highest BCUT2D eigenvalue weighted by Crippen LogP contribution is 2.21. The predicted octanol–water partition coefficient (Wildman–Crippen LogP) is 2.06. The van der Waals surface area contributed by atoms with Crippen LogP contribution in [0.5, 0.6) is 0 Å². The van der Waals surface area contributed by atoms with Gasteiger partial charge < -0.3 is 9.24 Å². The largest absolute Gasteiger partial charge is 0.399 e. The second-order valence-corrected chi connectivity index (χ2v) is 3.87. The molecule has 0 radical (unpaired) electrons. The van der Waals surface area contributed by atoms with Crippen LogP contribution in [0.1, 0.15) is 0 Å². The van der Waals surface area contributed by atoms with Gasteiger partial charge in [-0.1, -0.05) is 5.16 Å². The Bertz CT molecular complexity index is 466. The zero-order valence-corrected chi connectivity index (χ0v) is 9.15. The molecule has 0 saturated heterocycles. The molecule has 2 heterocycles. The Kier molecular flexibility index (Phi) is 3.24. The number of hydrogen-bond acceptors (Lipinski definition) is 4. The van der Waals surface area contributed by atoms with E-state index in [-0.39, 0.29) is 0 Å². The van der Waals surface area contributed by atoms with Gasteiger partial charge in [0.2, 0.25) is 0 Å². The first-order valence-electron chi connectivity index (χ1n) is 4.51. The van der Waals surface area contributed by atoms with Crippen molar-refractivity contribution in [2.75, 3.05) is 12.9 Å². The zero-order chi connectivity index (χ0) is 10.5. The minimum absolute atomic E-state index is 0.778. The molecule has 0 amide bonds. The molecule has 0 atom stereocenters. The highest BCUT2D eigenvalue weighted by Gasteiger charge is 2.00. The van der Waals surface area contributed by atoms with E-state index in [2.05, 4.69) is 15.0 Å². The van der Waals surface area contributed by atoms with Crippen LogP contribution in [-0.4, -0.2) is 28.5 Å². The molecule has 2 aromatic heterocycles. The van der Waals surface area contributed by atoms with E-state index in [9.17, 15) is 0 Å². The van der Waals surface area contributed by atoms with Crippen LogP contribution in [0.25, 0.3) is 5.65 Å². The van der Waals surface area contributed by atoms with E-state index in [0.717, 1.165) is 16.3 Å². The molecule has 0 bridgehead atoms. The van der Waals surface area contributed by atoms with Crippen LogP contribution in [-0.2, 0) is 4.84 Å². The van der Waals surface area contributed by atoms with E-state index < -0.39 is 0 Å². The van der Waals surface area contributed by atoms with Crippen LogP contribution in [0.3, 0.4) is 0 Å². The minimum atomic E-state index is 0.778. The summed E-state index contributed by atoms with van der Waals surface area (Å²) in [5.41, 5.74) is 0.980. The number of aromatic nitrogens is 2. The molecule has 0 aliphatic heterocycles. The smallest absolute Gasteiger partial charge is 0.150 e. The number of nitrogens with zero attached hydrogens (tertiary/aromatic N) is 3. The lowest BCUT2D eigenvalue weighted by molar-refractivity contribution is 0.215. The van der Waals surface area contributed by atoms with Crippen molar-refractivity contribution in [1.29, 1.82) is 0 Å². The molecular weight excluding hydrogens is 210 g/mol. The third kappa shape index (κ3) is 2.30. The van der Waals surface area contributed by atoms with Crippen LogP contribution in [0.4, 0.5) is 0 Å². The summed E-state index contributed by atoms with van der Waals surface area (Å²) in [6.07, 6.45) is 7.44. The highest BCUT2D eigenvalue weighted by atomic mass is 32.2. The van der Waals surface area contributed by atoms with Gasteiger partial charge in [0.25, 0.3) is 0 Å². The average Bonchev–Trinajstić information content (AvgIpc) is 2.73. The van der Waals surface area contributed by atoms with Crippen LogP contribution in [0.15, 0.2) is 40.8 Å². The number of fused-ring (bicyclic) bond motifs is 1. The van der Waals surface area contributed by atoms with Gasteiger partial charge in [-0.25, -0.2) is 4.98 Å². The Balaban J connectivity index is 2.13. The summed E-state index contributed by atoms with van der Waals surface area (Å²) in [6.45, 7) is 0. The summed E-state index contributed by atoms with van der Waals surface area (Å²) in [5.74, 6) is 0.778. The van der Waals surface area contributed by atoms with Crippen molar-refractivity contribution in [2.24, 2.45) is 5.16 Å². The maximum Gasteiger partial charge on any atom is 0.150 e. The summed E-state index contributed by atoms with van der Waals surface area (Å²) in [5, 5.41) is 3.68. The van der Waals surface area contributed by atoms with Crippen LogP contribution in [0, 0.1) is 0 Å². The summed E-state index contributed by atoms with van der Waals surface area (Å²) >= 11 is 1.68. The summed E-state index contributed by atoms with van der Waals surface area (Å²) in [7, 11) is 1.54. The number of hydrogen-bond donors (Lipinski definition) is 0. The third-order valence-corrected chi connectivity index (χ3v) is 2.82. The predicted molar refractivity (Wildman–Crippen MR) is 61.4 cm³/mol. The Morgan fingerprint density at radius 1 is 1.60 bits per heavy atom. The van der Waals surface area contributed by atoms with E-state index in [1.807, 2.05) is 28.9 Å². The van der Waals surface area contributed by atoms with E-state index in [0.29, 0.717) is 0 Å². The fourth-order valence-electron chi connectivity index (χ4n) is 1.27. The SMILES string of the molecule is CO/N=C/CSc1cccn2ccnc12. The van der Waals surface area contributed by atoms with Crippen LogP contribution >= 0.6 is 11.8 Å². The fraction of sp³-hybridized carbons (Fsp3) is 0.200. The van der Waals surface area contributed by atoms with Gasteiger partial charge in [-0.05, 0) is 12.1 Å². The molecule has 4 nitrogen and oxygen atoms in total. The highest BCUT2D eigenvalue weighted by molar-refractivity contribution is 8.00. The van der Waals surface area contributed by atoms with Gasteiger partial charge in [0.1, 0.15) is 12.8 Å². The summed E-state index contributed by atoms with van der Waals surface area (Å²) < 4.78 is 2.00. The number of imidazole rings is 1. The molecule has 15 heavy (non-hydrogen) atoms. The first kappa shape index (κ1) is 10.0. The van der Waals surface area contributed by atoms with Crippen molar-refractivity contribution in [3.63, 3.8) is 0 Å². The molecule has 0 saturated carbocycles. The number of pyridine rings is 1. The second-order valence-electron chi connectivity index (χ2n) is 2.81. The Morgan fingerprint density at radius 2 is 2.53 bits per heavy atom. The lowest BCUT2D eigenvalue weighted by Gasteiger charge is -2.00. The Labute approximate surface area is 92.0 Å². The van der Waals surface area contributed by atoms with E-state index in [4.69, 9.17) is 0 Å². The van der Waals surface area contributed by atoms with Crippen molar-refractivity contribution >= 4 is 23.6 Å². The lowest BCUT2D eigenvalue weighted by atomic mass is 10.5. The summed E-state index contributed by atoms with van der Waals surface area (Å²) in [6, 6.07) is 4.05. The normalized spacial score (nSPS) is 11.3. The van der Waals surface area contributed by atoms with E-state index in [1.165, 1.54) is 7.11 Å². The monoisotopic (exact) mass is 221 g/mol. The molecule has 0 aliphatic rings. The van der Waals surface area contributed by atoms with Crippen molar-refractivity contribution in [3.05, 3.63) is 30.7 Å².